The lowest BCUT2D eigenvalue weighted by Crippen LogP contribution is -2.49. The Labute approximate surface area is 153 Å². The molecule has 4 nitrogen and oxygen atoms in total. The van der Waals surface area contributed by atoms with Gasteiger partial charge in [0, 0.05) is 42.3 Å². The minimum atomic E-state index is 0.100. The molecule has 2 atom stereocenters. The zero-order valence-corrected chi connectivity index (χ0v) is 14.7. The number of aromatic hydroxyl groups is 1. The highest BCUT2D eigenvalue weighted by atomic mass is 16.3. The van der Waals surface area contributed by atoms with Crippen LogP contribution >= 0.6 is 0 Å². The van der Waals surface area contributed by atoms with E-state index in [1.807, 2.05) is 35.4 Å². The van der Waals surface area contributed by atoms with Gasteiger partial charge in [-0.3, -0.25) is 9.79 Å². The molecule has 2 heterocycles. The van der Waals surface area contributed by atoms with Crippen LogP contribution in [0.4, 0.5) is 5.69 Å². The van der Waals surface area contributed by atoms with Crippen molar-refractivity contribution in [1.29, 1.82) is 0 Å². The molecule has 1 amide bonds. The van der Waals surface area contributed by atoms with E-state index < -0.39 is 0 Å². The van der Waals surface area contributed by atoms with Crippen LogP contribution in [0, 0.1) is 0 Å². The number of benzene rings is 2. The summed E-state index contributed by atoms with van der Waals surface area (Å²) < 4.78 is 0. The SMILES string of the molecule is O=C(c1ccc2c(c1)N=CC2)N1CCCC2c3c(O)cccc3CC[C@H]21. The molecule has 1 unspecified atom stereocenters. The quantitative estimate of drug-likeness (QED) is 0.849. The number of hydrogen-bond donors (Lipinski definition) is 1. The predicted molar refractivity (Wildman–Crippen MR) is 102 cm³/mol. The second-order valence-electron chi connectivity index (χ2n) is 7.56. The third-order valence-corrected chi connectivity index (χ3v) is 6.17. The van der Waals surface area contributed by atoms with Crippen LogP contribution in [0.2, 0.25) is 0 Å². The first-order valence-electron chi connectivity index (χ1n) is 9.49. The standard InChI is InChI=1S/C22H22N2O2/c25-20-5-1-3-15-8-9-19-17(21(15)20)4-2-12-24(19)22(26)16-7-6-14-10-11-23-18(14)13-16/h1,3,5-7,11,13,17,19,25H,2,4,8-10,12H2/t17?,19-/m1/s1. The highest BCUT2D eigenvalue weighted by molar-refractivity contribution is 5.96. The van der Waals surface area contributed by atoms with Gasteiger partial charge in [0.05, 0.1) is 5.69 Å². The molecule has 1 saturated heterocycles. The van der Waals surface area contributed by atoms with E-state index in [1.165, 1.54) is 11.1 Å². The normalized spacial score (nSPS) is 23.3. The second-order valence-corrected chi connectivity index (χ2v) is 7.56. The number of phenols is 1. The minimum Gasteiger partial charge on any atom is -0.508 e. The van der Waals surface area contributed by atoms with Gasteiger partial charge in [0.2, 0.25) is 0 Å². The van der Waals surface area contributed by atoms with Gasteiger partial charge < -0.3 is 10.0 Å². The first-order valence-corrected chi connectivity index (χ1v) is 9.49. The highest BCUT2D eigenvalue weighted by Gasteiger charge is 2.39. The van der Waals surface area contributed by atoms with Crippen molar-refractivity contribution in [3.8, 4) is 5.75 Å². The van der Waals surface area contributed by atoms with E-state index in [2.05, 4.69) is 11.1 Å². The third-order valence-electron chi connectivity index (χ3n) is 6.17. The lowest BCUT2D eigenvalue weighted by Gasteiger charge is -2.45. The molecule has 1 fully saturated rings. The summed E-state index contributed by atoms with van der Waals surface area (Å²) in [6.07, 6.45) is 6.65. The van der Waals surface area contributed by atoms with Crippen molar-refractivity contribution in [3.63, 3.8) is 0 Å². The number of nitrogens with zero attached hydrogens (tertiary/aromatic N) is 2. The van der Waals surface area contributed by atoms with Crippen LogP contribution in [-0.2, 0) is 12.8 Å². The van der Waals surface area contributed by atoms with Crippen molar-refractivity contribution in [2.45, 2.75) is 44.1 Å². The molecule has 4 heteroatoms. The average molecular weight is 346 g/mol. The predicted octanol–water partition coefficient (Wildman–Crippen LogP) is 3.99. The van der Waals surface area contributed by atoms with E-state index in [4.69, 9.17) is 0 Å². The maximum absolute atomic E-state index is 13.3. The number of carbonyl (C=O) groups is 1. The number of amides is 1. The first kappa shape index (κ1) is 15.6. The van der Waals surface area contributed by atoms with Gasteiger partial charge in [0.15, 0.2) is 0 Å². The molecule has 0 spiro atoms. The number of rotatable bonds is 1. The number of likely N-dealkylation sites (tertiary alicyclic amines) is 1. The molecular weight excluding hydrogens is 324 g/mol. The number of piperidine rings is 1. The number of carbonyl (C=O) groups excluding carboxylic acids is 1. The van der Waals surface area contributed by atoms with Crippen molar-refractivity contribution in [3.05, 3.63) is 58.7 Å². The van der Waals surface area contributed by atoms with Crippen LogP contribution < -0.4 is 0 Å². The zero-order valence-electron chi connectivity index (χ0n) is 14.7. The summed E-state index contributed by atoms with van der Waals surface area (Å²) in [5.41, 5.74) is 5.16. The molecule has 132 valence electrons. The number of hydrogen-bond acceptors (Lipinski definition) is 3. The van der Waals surface area contributed by atoms with E-state index in [9.17, 15) is 9.90 Å². The Hall–Kier alpha value is -2.62. The molecule has 26 heavy (non-hydrogen) atoms. The van der Waals surface area contributed by atoms with Crippen molar-refractivity contribution < 1.29 is 9.90 Å². The van der Waals surface area contributed by atoms with Crippen molar-refractivity contribution >= 4 is 17.8 Å². The summed E-state index contributed by atoms with van der Waals surface area (Å²) >= 11 is 0. The maximum Gasteiger partial charge on any atom is 0.254 e. The molecule has 2 aliphatic heterocycles. The average Bonchev–Trinajstić information content (AvgIpc) is 3.14. The van der Waals surface area contributed by atoms with Gasteiger partial charge in [-0.05, 0) is 55.0 Å². The van der Waals surface area contributed by atoms with Crippen LogP contribution in [-0.4, -0.2) is 34.7 Å². The van der Waals surface area contributed by atoms with Crippen LogP contribution in [0.15, 0.2) is 41.4 Å². The molecule has 5 rings (SSSR count). The number of phenolic OH excluding ortho intramolecular Hbond substituents is 1. The molecule has 0 radical (unpaired) electrons. The van der Waals surface area contributed by atoms with Gasteiger partial charge >= 0.3 is 0 Å². The fourth-order valence-corrected chi connectivity index (χ4v) is 4.95. The number of aliphatic imine (C=N–C) groups is 1. The Morgan fingerprint density at radius 2 is 2.08 bits per heavy atom. The van der Waals surface area contributed by atoms with Crippen molar-refractivity contribution in [2.24, 2.45) is 4.99 Å². The third kappa shape index (κ3) is 2.36. The van der Waals surface area contributed by atoms with Gasteiger partial charge in [-0.1, -0.05) is 18.2 Å². The summed E-state index contributed by atoms with van der Waals surface area (Å²) in [6, 6.07) is 11.9. The van der Waals surface area contributed by atoms with E-state index in [-0.39, 0.29) is 17.9 Å². The lowest BCUT2D eigenvalue weighted by atomic mass is 9.73. The summed E-state index contributed by atoms with van der Waals surface area (Å²) in [5, 5.41) is 10.4. The minimum absolute atomic E-state index is 0.100. The summed E-state index contributed by atoms with van der Waals surface area (Å²) in [6.45, 7) is 0.795. The number of fused-ring (bicyclic) bond motifs is 4. The highest BCUT2D eigenvalue weighted by Crippen LogP contribution is 2.44. The monoisotopic (exact) mass is 346 g/mol. The lowest BCUT2D eigenvalue weighted by molar-refractivity contribution is 0.0544. The van der Waals surface area contributed by atoms with E-state index in [0.717, 1.165) is 55.5 Å². The fraction of sp³-hybridized carbons (Fsp3) is 0.364. The zero-order chi connectivity index (χ0) is 17.7. The van der Waals surface area contributed by atoms with Crippen molar-refractivity contribution in [1.82, 2.24) is 4.90 Å². The second kappa shape index (κ2) is 5.97. The molecule has 3 aliphatic rings. The van der Waals surface area contributed by atoms with Gasteiger partial charge in [-0.25, -0.2) is 0 Å². The molecule has 2 aromatic carbocycles. The van der Waals surface area contributed by atoms with Crippen LogP contribution in [0.5, 0.6) is 5.75 Å². The summed E-state index contributed by atoms with van der Waals surface area (Å²) in [7, 11) is 0. The van der Waals surface area contributed by atoms with Crippen LogP contribution in [0.1, 0.15) is 52.2 Å². The molecular formula is C22H22N2O2. The van der Waals surface area contributed by atoms with E-state index >= 15 is 0 Å². The Kier molecular flexibility index (Phi) is 3.59. The van der Waals surface area contributed by atoms with Crippen LogP contribution in [0.3, 0.4) is 0 Å². The Bertz CT molecular complexity index is 918. The van der Waals surface area contributed by atoms with Crippen molar-refractivity contribution in [2.75, 3.05) is 6.54 Å². The first-order chi connectivity index (χ1) is 12.7. The fourth-order valence-electron chi connectivity index (χ4n) is 4.95. The van der Waals surface area contributed by atoms with Gasteiger partial charge in [0.1, 0.15) is 5.75 Å². The van der Waals surface area contributed by atoms with E-state index in [0.29, 0.717) is 5.75 Å². The summed E-state index contributed by atoms with van der Waals surface area (Å²) in [4.78, 5) is 19.7. The Balaban J connectivity index is 1.48. The molecule has 1 N–H and O–H groups in total. The Morgan fingerprint density at radius 3 is 3.00 bits per heavy atom. The van der Waals surface area contributed by atoms with E-state index in [1.54, 1.807) is 6.07 Å². The molecule has 0 bridgehead atoms. The smallest absolute Gasteiger partial charge is 0.254 e. The van der Waals surface area contributed by atoms with Gasteiger partial charge in [0.25, 0.3) is 5.91 Å². The molecule has 0 aromatic heterocycles. The topological polar surface area (TPSA) is 52.9 Å². The Morgan fingerprint density at radius 1 is 1.15 bits per heavy atom. The maximum atomic E-state index is 13.3. The summed E-state index contributed by atoms with van der Waals surface area (Å²) in [5.74, 6) is 0.729. The molecule has 2 aromatic rings. The molecule has 0 saturated carbocycles. The van der Waals surface area contributed by atoms with Crippen LogP contribution in [0.25, 0.3) is 0 Å². The molecule has 1 aliphatic carbocycles. The number of aryl methyl sites for hydroxylation is 1. The largest absolute Gasteiger partial charge is 0.508 e. The van der Waals surface area contributed by atoms with Gasteiger partial charge in [-0.2, -0.15) is 0 Å². The van der Waals surface area contributed by atoms with Gasteiger partial charge in [-0.15, -0.1) is 0 Å².